The number of aromatic nitrogens is 2. The number of unbranched alkanes of at least 4 members (excludes halogenated alkanes) is 3. The molecule has 2 heterocycles. The minimum Gasteiger partial charge on any atom is -0.394 e. The largest absolute Gasteiger partial charge is 0.394 e. The van der Waals surface area contributed by atoms with Crippen molar-refractivity contribution in [2.45, 2.75) is 63.6 Å². The molecule has 0 amide bonds. The van der Waals surface area contributed by atoms with Crippen molar-refractivity contribution >= 4 is 0 Å². The molecular formula is C22H30N2O6. The second-order valence-electron chi connectivity index (χ2n) is 7.64. The second-order valence-corrected chi connectivity index (χ2v) is 7.64. The van der Waals surface area contributed by atoms with E-state index < -0.39 is 29.7 Å². The van der Waals surface area contributed by atoms with Crippen LogP contribution in [0, 0.1) is 0 Å². The number of aliphatic hydroxyl groups is 2. The molecule has 0 bridgehead atoms. The van der Waals surface area contributed by atoms with Gasteiger partial charge in [-0.25, -0.2) is 4.79 Å². The molecule has 8 nitrogen and oxygen atoms in total. The van der Waals surface area contributed by atoms with Gasteiger partial charge in [-0.3, -0.25) is 14.3 Å². The lowest BCUT2D eigenvalue weighted by Crippen LogP contribution is -2.34. The van der Waals surface area contributed by atoms with Crippen LogP contribution in [-0.2, 0) is 22.5 Å². The first kappa shape index (κ1) is 22.4. The fourth-order valence-corrected chi connectivity index (χ4v) is 3.61. The Balaban J connectivity index is 1.41. The molecule has 3 rings (SSSR count). The zero-order chi connectivity index (χ0) is 21.3. The molecule has 0 unspecified atom stereocenters. The van der Waals surface area contributed by atoms with Gasteiger partial charge in [-0.05, 0) is 24.8 Å². The third-order valence-corrected chi connectivity index (χ3v) is 5.34. The van der Waals surface area contributed by atoms with Gasteiger partial charge in [0.05, 0.1) is 24.9 Å². The van der Waals surface area contributed by atoms with E-state index in [4.69, 9.17) is 9.47 Å². The molecule has 1 fully saturated rings. The average Bonchev–Trinajstić information content (AvgIpc) is 3.12. The maximum atomic E-state index is 12.1. The maximum Gasteiger partial charge on any atom is 0.330 e. The number of rotatable bonds is 11. The number of hydrogen-bond donors (Lipinski definition) is 3. The summed E-state index contributed by atoms with van der Waals surface area (Å²) in [6.07, 6.45) is 4.54. The van der Waals surface area contributed by atoms with Crippen LogP contribution in [0.4, 0.5) is 0 Å². The molecule has 8 heteroatoms. The van der Waals surface area contributed by atoms with Crippen molar-refractivity contribution in [1.82, 2.24) is 9.55 Å². The third kappa shape index (κ3) is 6.12. The summed E-state index contributed by atoms with van der Waals surface area (Å²) in [5, 5.41) is 19.1. The van der Waals surface area contributed by atoms with Crippen LogP contribution in [0.1, 0.15) is 49.5 Å². The second kappa shape index (κ2) is 11.2. The van der Waals surface area contributed by atoms with Crippen molar-refractivity contribution in [3.63, 3.8) is 0 Å². The SMILES string of the molecule is O=c1[nH]c(=O)n([C@H]2C[C@@H](O)[C@@H](CO)O2)cc1COCCCCCCc1ccccc1. The molecule has 0 radical (unpaired) electrons. The monoisotopic (exact) mass is 418 g/mol. The third-order valence-electron chi connectivity index (χ3n) is 5.34. The van der Waals surface area contributed by atoms with Gasteiger partial charge in [0.15, 0.2) is 0 Å². The highest BCUT2D eigenvalue weighted by Crippen LogP contribution is 2.27. The first-order valence-corrected chi connectivity index (χ1v) is 10.5. The lowest BCUT2D eigenvalue weighted by molar-refractivity contribution is -0.0461. The molecule has 3 atom stereocenters. The summed E-state index contributed by atoms with van der Waals surface area (Å²) in [5.41, 5.74) is 0.575. The van der Waals surface area contributed by atoms with Crippen LogP contribution >= 0.6 is 0 Å². The quantitative estimate of drug-likeness (QED) is 0.477. The Morgan fingerprint density at radius 3 is 2.63 bits per heavy atom. The fraction of sp³-hybridized carbons (Fsp3) is 0.545. The first-order chi connectivity index (χ1) is 14.6. The molecule has 0 spiro atoms. The zero-order valence-electron chi connectivity index (χ0n) is 17.0. The Labute approximate surface area is 175 Å². The predicted octanol–water partition coefficient (Wildman–Crippen LogP) is 1.50. The molecule has 0 aliphatic carbocycles. The van der Waals surface area contributed by atoms with Gasteiger partial charge in [0.2, 0.25) is 0 Å². The van der Waals surface area contributed by atoms with E-state index in [2.05, 4.69) is 29.2 Å². The molecule has 1 aliphatic heterocycles. The highest BCUT2D eigenvalue weighted by molar-refractivity contribution is 5.14. The molecular weight excluding hydrogens is 388 g/mol. The summed E-state index contributed by atoms with van der Waals surface area (Å²) in [6, 6.07) is 10.4. The van der Waals surface area contributed by atoms with Gasteiger partial charge in [-0.2, -0.15) is 0 Å². The Morgan fingerprint density at radius 1 is 1.13 bits per heavy atom. The number of ether oxygens (including phenoxy) is 2. The Bertz CT molecular complexity index is 894. The van der Waals surface area contributed by atoms with Crippen molar-refractivity contribution < 1.29 is 19.7 Å². The van der Waals surface area contributed by atoms with Gasteiger partial charge in [-0.15, -0.1) is 0 Å². The lowest BCUT2D eigenvalue weighted by atomic mass is 10.1. The van der Waals surface area contributed by atoms with Crippen molar-refractivity contribution in [2.24, 2.45) is 0 Å². The van der Waals surface area contributed by atoms with Crippen LogP contribution in [0.5, 0.6) is 0 Å². The summed E-state index contributed by atoms with van der Waals surface area (Å²) in [6.45, 7) is 0.296. The zero-order valence-corrected chi connectivity index (χ0v) is 17.0. The lowest BCUT2D eigenvalue weighted by Gasteiger charge is -2.15. The number of benzene rings is 1. The van der Waals surface area contributed by atoms with E-state index in [1.165, 1.54) is 16.3 Å². The highest BCUT2D eigenvalue weighted by Gasteiger charge is 2.35. The van der Waals surface area contributed by atoms with Gasteiger partial charge in [0, 0.05) is 19.2 Å². The molecule has 1 aliphatic rings. The van der Waals surface area contributed by atoms with Crippen molar-refractivity contribution in [3.8, 4) is 0 Å². The molecule has 30 heavy (non-hydrogen) atoms. The molecule has 3 N–H and O–H groups in total. The number of H-pyrrole nitrogens is 1. The van der Waals surface area contributed by atoms with Crippen LogP contribution in [-0.4, -0.2) is 45.2 Å². The van der Waals surface area contributed by atoms with Gasteiger partial charge in [0.25, 0.3) is 5.56 Å². The topological polar surface area (TPSA) is 114 Å². The maximum absolute atomic E-state index is 12.1. The van der Waals surface area contributed by atoms with E-state index >= 15 is 0 Å². The van der Waals surface area contributed by atoms with Crippen LogP contribution < -0.4 is 11.2 Å². The van der Waals surface area contributed by atoms with Gasteiger partial charge >= 0.3 is 5.69 Å². The van der Waals surface area contributed by atoms with Gasteiger partial charge in [0.1, 0.15) is 12.3 Å². The number of aromatic amines is 1. The number of aryl methyl sites for hydroxylation is 1. The summed E-state index contributed by atoms with van der Waals surface area (Å²) in [7, 11) is 0. The van der Waals surface area contributed by atoms with Crippen molar-refractivity contribution in [3.05, 3.63) is 68.5 Å². The minimum absolute atomic E-state index is 0.0956. The molecule has 1 aromatic heterocycles. The summed E-state index contributed by atoms with van der Waals surface area (Å²) < 4.78 is 12.4. The van der Waals surface area contributed by atoms with Crippen LogP contribution in [0.25, 0.3) is 0 Å². The normalized spacial score (nSPS) is 21.2. The first-order valence-electron chi connectivity index (χ1n) is 10.5. The van der Waals surface area contributed by atoms with E-state index in [1.54, 1.807) is 0 Å². The molecule has 1 saturated heterocycles. The smallest absolute Gasteiger partial charge is 0.330 e. The Morgan fingerprint density at radius 2 is 1.90 bits per heavy atom. The van der Waals surface area contributed by atoms with Crippen molar-refractivity contribution in [2.75, 3.05) is 13.2 Å². The van der Waals surface area contributed by atoms with Gasteiger partial charge in [-0.1, -0.05) is 43.2 Å². The number of hydrogen-bond acceptors (Lipinski definition) is 6. The predicted molar refractivity (Wildman–Crippen MR) is 111 cm³/mol. The van der Waals surface area contributed by atoms with Gasteiger partial charge < -0.3 is 19.7 Å². The van der Waals surface area contributed by atoms with Crippen LogP contribution in [0.3, 0.4) is 0 Å². The fourth-order valence-electron chi connectivity index (χ4n) is 3.61. The van der Waals surface area contributed by atoms with E-state index in [-0.39, 0.29) is 19.6 Å². The summed E-state index contributed by atoms with van der Waals surface area (Å²) in [5.74, 6) is 0. The van der Waals surface area contributed by atoms with E-state index in [0.717, 1.165) is 32.1 Å². The summed E-state index contributed by atoms with van der Waals surface area (Å²) in [4.78, 5) is 26.4. The van der Waals surface area contributed by atoms with Crippen LogP contribution in [0.2, 0.25) is 0 Å². The summed E-state index contributed by atoms with van der Waals surface area (Å²) >= 11 is 0. The number of nitrogens with one attached hydrogen (secondary N) is 1. The Kier molecular flexibility index (Phi) is 8.39. The standard InChI is InChI=1S/C22H30N2O6/c25-14-19-18(26)12-20(30-19)24-13-17(21(27)23-22(24)28)15-29-11-7-2-1-4-8-16-9-5-3-6-10-16/h3,5-6,9-10,13,18-20,25-26H,1-2,4,7-8,11-12,14-15H2,(H,23,27,28)/t18-,19-,20-/m1/s1. The number of nitrogens with zero attached hydrogens (tertiary/aromatic N) is 1. The minimum atomic E-state index is -0.861. The van der Waals surface area contributed by atoms with E-state index in [9.17, 15) is 19.8 Å². The molecule has 1 aromatic carbocycles. The van der Waals surface area contributed by atoms with Crippen molar-refractivity contribution in [1.29, 1.82) is 0 Å². The molecule has 0 saturated carbocycles. The molecule has 2 aromatic rings. The van der Waals surface area contributed by atoms with E-state index in [0.29, 0.717) is 12.2 Å². The molecule has 164 valence electrons. The number of aliphatic hydroxyl groups excluding tert-OH is 2. The highest BCUT2D eigenvalue weighted by atomic mass is 16.5. The Hall–Kier alpha value is -2.26. The van der Waals surface area contributed by atoms with Crippen LogP contribution in [0.15, 0.2) is 46.1 Å². The van der Waals surface area contributed by atoms with E-state index in [1.807, 2.05) is 6.07 Å². The average molecular weight is 418 g/mol.